The third kappa shape index (κ3) is 8.07. The highest BCUT2D eigenvalue weighted by atomic mass is 16.5. The first-order valence-corrected chi connectivity index (χ1v) is 21.7. The van der Waals surface area contributed by atoms with Crippen molar-refractivity contribution in [2.24, 2.45) is 23.7 Å². The number of amides is 4. The molecular weight excluding hydrogens is 773 g/mol. The molecule has 2 aliphatic heterocycles. The minimum atomic E-state index is -1.17. The van der Waals surface area contributed by atoms with Crippen molar-refractivity contribution in [2.75, 3.05) is 20.2 Å². The maximum absolute atomic E-state index is 13.9. The van der Waals surface area contributed by atoms with E-state index in [2.05, 4.69) is 95.1 Å². The van der Waals surface area contributed by atoms with Gasteiger partial charge in [0.1, 0.15) is 23.7 Å². The van der Waals surface area contributed by atoms with Crippen LogP contribution in [-0.2, 0) is 14.3 Å². The number of nitrogens with one attached hydrogen (secondary N) is 4. The largest absolute Gasteiger partial charge is 0.465 e. The van der Waals surface area contributed by atoms with Gasteiger partial charge in [-0.15, -0.1) is 0 Å². The fourth-order valence-electron chi connectivity index (χ4n) is 9.81. The summed E-state index contributed by atoms with van der Waals surface area (Å²) in [5.74, 6) is 1.94. The molecule has 3 aromatic carbocycles. The Balaban J connectivity index is 0.878. The average Bonchev–Trinajstić information content (AvgIpc) is 4.05. The predicted molar refractivity (Wildman–Crippen MR) is 230 cm³/mol. The van der Waals surface area contributed by atoms with E-state index in [1.807, 2.05) is 22.2 Å². The highest BCUT2D eigenvalue weighted by Crippen LogP contribution is 2.40. The van der Waals surface area contributed by atoms with Crippen molar-refractivity contribution in [1.82, 2.24) is 40.4 Å². The van der Waals surface area contributed by atoms with Crippen LogP contribution in [0.4, 0.5) is 9.59 Å². The van der Waals surface area contributed by atoms with E-state index in [9.17, 15) is 24.3 Å². The minimum Gasteiger partial charge on any atom is -0.465 e. The molecule has 0 unspecified atom stereocenters. The van der Waals surface area contributed by atoms with Gasteiger partial charge >= 0.3 is 12.2 Å². The van der Waals surface area contributed by atoms with E-state index in [0.717, 1.165) is 102 Å². The highest BCUT2D eigenvalue weighted by Gasteiger charge is 2.44. The molecule has 5 N–H and O–H groups in total. The molecule has 4 fully saturated rings. The van der Waals surface area contributed by atoms with E-state index < -0.39 is 24.3 Å². The number of benzene rings is 3. The maximum atomic E-state index is 13.9. The van der Waals surface area contributed by atoms with Crippen molar-refractivity contribution in [3.8, 4) is 33.6 Å². The molecule has 4 heterocycles. The first-order valence-electron chi connectivity index (χ1n) is 21.7. The Morgan fingerprint density at radius 2 is 1.13 bits per heavy atom. The zero-order chi connectivity index (χ0) is 42.4. The normalized spacial score (nSPS) is 22.7. The molecule has 14 nitrogen and oxygen atoms in total. The van der Waals surface area contributed by atoms with E-state index in [1.165, 1.54) is 7.11 Å². The monoisotopic (exact) mass is 826 g/mol. The summed E-state index contributed by atoms with van der Waals surface area (Å²) < 4.78 is 4.86. The predicted octanol–water partition coefficient (Wildman–Crippen LogP) is 8.07. The summed E-state index contributed by atoms with van der Waals surface area (Å²) in [5.41, 5.74) is 5.68. The summed E-state index contributed by atoms with van der Waals surface area (Å²) in [5, 5.41) is 17.0. The lowest BCUT2D eigenvalue weighted by atomic mass is 9.79. The Kier molecular flexibility index (Phi) is 11.0. The molecule has 9 rings (SSSR count). The molecule has 2 aromatic heterocycles. The maximum Gasteiger partial charge on any atom is 0.407 e. The van der Waals surface area contributed by atoms with E-state index in [1.54, 1.807) is 0 Å². The molecule has 14 heteroatoms. The molecule has 0 spiro atoms. The van der Waals surface area contributed by atoms with E-state index in [0.29, 0.717) is 24.8 Å². The number of rotatable bonds is 11. The van der Waals surface area contributed by atoms with Crippen LogP contribution in [0.15, 0.2) is 73.1 Å². The second-order valence-corrected chi connectivity index (χ2v) is 17.8. The summed E-state index contributed by atoms with van der Waals surface area (Å²) >= 11 is 0. The number of carboxylic acid groups (broad SMARTS) is 1. The van der Waals surface area contributed by atoms with Gasteiger partial charge in [0.15, 0.2) is 0 Å². The fraction of sp³-hybridized carbons (Fsp3) is 0.447. The van der Waals surface area contributed by atoms with Gasteiger partial charge in [-0.2, -0.15) is 0 Å². The van der Waals surface area contributed by atoms with Gasteiger partial charge in [-0.05, 0) is 96.2 Å². The van der Waals surface area contributed by atoms with Crippen molar-refractivity contribution in [2.45, 2.75) is 89.4 Å². The number of ether oxygens (including phenoxy) is 1. The van der Waals surface area contributed by atoms with Crippen LogP contribution in [0.3, 0.4) is 0 Å². The van der Waals surface area contributed by atoms with Gasteiger partial charge in [-0.3, -0.25) is 9.59 Å². The quantitative estimate of drug-likeness (QED) is 0.0885. The molecule has 4 amide bonds. The molecule has 318 valence electrons. The van der Waals surface area contributed by atoms with E-state index in [-0.39, 0.29) is 41.7 Å². The number of methoxy groups -OCH3 is 1. The summed E-state index contributed by atoms with van der Waals surface area (Å²) in [6.45, 7) is 5.43. The van der Waals surface area contributed by atoms with Gasteiger partial charge in [-0.25, -0.2) is 19.6 Å². The molecule has 2 aliphatic carbocycles. The molecule has 2 saturated carbocycles. The van der Waals surface area contributed by atoms with Crippen molar-refractivity contribution < 1.29 is 29.0 Å². The first-order chi connectivity index (χ1) is 29.5. The Hall–Kier alpha value is -6.18. The van der Waals surface area contributed by atoms with Crippen LogP contribution in [-0.4, -0.2) is 91.1 Å². The smallest absolute Gasteiger partial charge is 0.407 e. The molecule has 61 heavy (non-hydrogen) atoms. The second-order valence-electron chi connectivity index (χ2n) is 17.8. The van der Waals surface area contributed by atoms with Gasteiger partial charge in [0, 0.05) is 36.6 Å². The highest BCUT2D eigenvalue weighted by molar-refractivity contribution is 5.91. The molecule has 0 radical (unpaired) electrons. The Labute approximate surface area is 354 Å². The van der Waals surface area contributed by atoms with Crippen LogP contribution in [0.2, 0.25) is 0 Å². The number of fused-ring (bicyclic) bond motifs is 1. The van der Waals surface area contributed by atoms with Crippen LogP contribution in [0, 0.1) is 23.7 Å². The number of carbonyl (C=O) groups is 4. The molecule has 5 aromatic rings. The number of hydrogen-bond acceptors (Lipinski definition) is 7. The minimum absolute atomic E-state index is 0.0373. The Morgan fingerprint density at radius 3 is 1.62 bits per heavy atom. The number of H-pyrrole nitrogens is 2. The lowest BCUT2D eigenvalue weighted by Gasteiger charge is -2.36. The third-order valence-corrected chi connectivity index (χ3v) is 13.6. The fourth-order valence-corrected chi connectivity index (χ4v) is 9.81. The molecular formula is C47H54N8O6. The third-order valence-electron chi connectivity index (χ3n) is 13.6. The Bertz CT molecular complexity index is 2440. The van der Waals surface area contributed by atoms with Crippen molar-refractivity contribution >= 4 is 34.8 Å². The van der Waals surface area contributed by atoms with Gasteiger partial charge in [0.25, 0.3) is 0 Å². The Morgan fingerprint density at radius 1 is 0.672 bits per heavy atom. The van der Waals surface area contributed by atoms with Crippen molar-refractivity contribution in [1.29, 1.82) is 0 Å². The number of aromatic nitrogens is 4. The average molecular weight is 827 g/mol. The van der Waals surface area contributed by atoms with Crippen LogP contribution < -0.4 is 10.6 Å². The van der Waals surface area contributed by atoms with Crippen LogP contribution in [0.25, 0.3) is 44.4 Å². The van der Waals surface area contributed by atoms with Crippen LogP contribution in [0.5, 0.6) is 0 Å². The lowest BCUT2D eigenvalue weighted by Crippen LogP contribution is -2.53. The van der Waals surface area contributed by atoms with Crippen LogP contribution in [0.1, 0.15) is 88.9 Å². The van der Waals surface area contributed by atoms with E-state index in [4.69, 9.17) is 14.7 Å². The number of aromatic amines is 2. The number of alkyl carbamates (subject to hydrolysis) is 1. The zero-order valence-electron chi connectivity index (χ0n) is 34.9. The van der Waals surface area contributed by atoms with Crippen molar-refractivity contribution in [3.05, 3.63) is 84.7 Å². The number of likely N-dealkylation sites (tertiary alicyclic amines) is 2. The van der Waals surface area contributed by atoms with Gasteiger partial charge < -0.3 is 40.2 Å². The SMILES string of the molecule is COC(=O)N[C@H](C(=O)N1C[C@@H](C)C[C@H]1c1nc(-c2ccc3cc(-c4ccc(-c5c[nH]c([C@@H]6C[C@H](C)CN6C(=O)[C@@H](NC(=O)O)C6CCC6)n5)cc4)ccc3c2)c[nH]1)C1CCC1. The van der Waals surface area contributed by atoms with Gasteiger partial charge in [-0.1, -0.05) is 75.2 Å². The summed E-state index contributed by atoms with van der Waals surface area (Å²) in [4.78, 5) is 71.8. The topological polar surface area (TPSA) is 186 Å². The number of nitrogens with zero attached hydrogens (tertiary/aromatic N) is 4. The lowest BCUT2D eigenvalue weighted by molar-refractivity contribution is -0.137. The first kappa shape index (κ1) is 40.2. The standard InChI is InChI=1S/C47H54N8O6/c1-26-18-38(54(24-26)44(56)40(52-46(58)59)30-6-4-7-30)42-48-22-36(50-42)29-12-10-28(11-13-29)32-14-15-34-21-35(17-16-33(34)20-32)37-23-49-43(51-37)39-19-27(2)25-55(39)45(57)41(31-8-5-9-31)53-47(60)61-3/h10-17,20-23,26-27,30-31,38-41,52H,4-9,18-19,24-25H2,1-3H3,(H,48,50)(H,49,51)(H,53,60)(H,58,59)/t26-,27-,38-,39-,40-,41-/m0/s1. The van der Waals surface area contributed by atoms with Crippen LogP contribution >= 0.6 is 0 Å². The molecule has 0 bridgehead atoms. The summed E-state index contributed by atoms with van der Waals surface area (Å²) in [6.07, 6.45) is 9.18. The number of hydrogen-bond donors (Lipinski definition) is 5. The second kappa shape index (κ2) is 16.7. The van der Waals surface area contributed by atoms with Gasteiger partial charge in [0.2, 0.25) is 11.8 Å². The van der Waals surface area contributed by atoms with Crippen molar-refractivity contribution in [3.63, 3.8) is 0 Å². The number of imidazole rings is 2. The molecule has 6 atom stereocenters. The number of carbonyl (C=O) groups excluding carboxylic acids is 3. The molecule has 2 saturated heterocycles. The molecule has 4 aliphatic rings. The summed E-state index contributed by atoms with van der Waals surface area (Å²) in [7, 11) is 1.32. The van der Waals surface area contributed by atoms with E-state index >= 15 is 0 Å². The summed E-state index contributed by atoms with van der Waals surface area (Å²) in [6, 6.07) is 19.3. The zero-order valence-corrected chi connectivity index (χ0v) is 34.9. The van der Waals surface area contributed by atoms with Gasteiger partial charge in [0.05, 0.1) is 30.6 Å².